The number of halogens is 1. The summed E-state index contributed by atoms with van der Waals surface area (Å²) >= 11 is 0. The number of aromatic amines is 1. The molecule has 45 heavy (non-hydrogen) atoms. The third kappa shape index (κ3) is 8.51. The first-order valence-corrected chi connectivity index (χ1v) is 14.3. The number of H-pyrrole nitrogens is 1. The number of fused-ring (bicyclic) bond motifs is 1. The Labute approximate surface area is 261 Å². The van der Waals surface area contributed by atoms with Crippen LogP contribution in [0.5, 0.6) is 17.2 Å². The maximum absolute atomic E-state index is 13.7. The monoisotopic (exact) mass is 622 g/mol. The van der Waals surface area contributed by atoms with Crippen LogP contribution < -0.4 is 20.1 Å². The van der Waals surface area contributed by atoms with E-state index in [-0.39, 0.29) is 29.1 Å². The molecule has 1 aliphatic heterocycles. The van der Waals surface area contributed by atoms with Gasteiger partial charge in [0.2, 0.25) is 5.75 Å². The molecular weight excluding hydrogens is 583 g/mol. The van der Waals surface area contributed by atoms with E-state index in [1.165, 1.54) is 44.6 Å². The van der Waals surface area contributed by atoms with Gasteiger partial charge in [0.1, 0.15) is 5.82 Å². The third-order valence-electron chi connectivity index (χ3n) is 7.29. The number of aliphatic carboxylic acids is 1. The molecule has 0 aliphatic carbocycles. The second kappa shape index (κ2) is 15.6. The lowest BCUT2D eigenvalue weighted by Gasteiger charge is -2.18. The smallest absolute Gasteiger partial charge is 0.328 e. The number of aryl methyl sites for hydroxylation is 1. The number of nitrogens with one attached hydrogen (secondary N) is 3. The predicted molar refractivity (Wildman–Crippen MR) is 171 cm³/mol. The zero-order chi connectivity index (χ0) is 33.3. The van der Waals surface area contributed by atoms with Gasteiger partial charge in [-0.3, -0.25) is 9.59 Å². The van der Waals surface area contributed by atoms with Crippen LogP contribution in [-0.4, -0.2) is 78.3 Å². The summed E-state index contributed by atoms with van der Waals surface area (Å²) in [5.74, 6) is -1.55. The first-order valence-electron chi connectivity index (χ1n) is 14.3. The Hall–Kier alpha value is -5.10. The Balaban J connectivity index is 0.000000292. The van der Waals surface area contributed by atoms with Crippen LogP contribution in [0.1, 0.15) is 52.3 Å². The van der Waals surface area contributed by atoms with E-state index in [0.717, 1.165) is 37.0 Å². The summed E-state index contributed by atoms with van der Waals surface area (Å²) < 4.78 is 23.5. The maximum atomic E-state index is 13.7. The minimum Gasteiger partial charge on any atom is -0.502 e. The summed E-state index contributed by atoms with van der Waals surface area (Å²) in [7, 11) is 2.80. The number of likely N-dealkylation sites (N-methyl/N-ethyl adjacent to an activating group) is 1. The van der Waals surface area contributed by atoms with Crippen molar-refractivity contribution < 1.29 is 38.5 Å². The van der Waals surface area contributed by atoms with Crippen molar-refractivity contribution in [2.24, 2.45) is 0 Å². The average Bonchev–Trinajstić information content (AvgIpc) is 3.47. The van der Waals surface area contributed by atoms with Crippen molar-refractivity contribution in [3.63, 3.8) is 0 Å². The molecule has 11 nitrogen and oxygen atoms in total. The van der Waals surface area contributed by atoms with Gasteiger partial charge >= 0.3 is 5.97 Å². The molecular formula is C33H39FN4O7. The zero-order valence-electron chi connectivity index (χ0n) is 26.2. The van der Waals surface area contributed by atoms with Gasteiger partial charge in [0.15, 0.2) is 11.5 Å². The molecule has 0 radical (unpaired) electrons. The number of phenols is 1. The molecule has 0 fully saturated rings. The first kappa shape index (κ1) is 34.4. The van der Waals surface area contributed by atoms with E-state index < -0.39 is 11.8 Å². The molecule has 2 heterocycles. The molecule has 0 spiro atoms. The summed E-state index contributed by atoms with van der Waals surface area (Å²) in [6.45, 7) is 11.1. The van der Waals surface area contributed by atoms with E-state index in [1.54, 1.807) is 12.1 Å². The lowest BCUT2D eigenvalue weighted by Crippen LogP contribution is -2.35. The van der Waals surface area contributed by atoms with Crippen molar-refractivity contribution in [1.29, 1.82) is 0 Å². The van der Waals surface area contributed by atoms with E-state index in [2.05, 4.69) is 34.4 Å². The van der Waals surface area contributed by atoms with E-state index in [1.807, 2.05) is 13.8 Å². The van der Waals surface area contributed by atoms with Crippen LogP contribution in [0.4, 0.5) is 10.1 Å². The fourth-order valence-electron chi connectivity index (χ4n) is 4.84. The van der Waals surface area contributed by atoms with E-state index >= 15 is 0 Å². The van der Waals surface area contributed by atoms with Crippen LogP contribution in [0.15, 0.2) is 36.4 Å². The predicted octanol–water partition coefficient (Wildman–Crippen LogP) is 4.84. The van der Waals surface area contributed by atoms with Crippen LogP contribution >= 0.6 is 0 Å². The number of carboxylic acid groups (broad SMARTS) is 1. The van der Waals surface area contributed by atoms with Gasteiger partial charge in [-0.1, -0.05) is 13.8 Å². The SMILES string of the molecule is CCN(CC)CCNC(=O)c1c(C)[nH]c(C=C2C(=O)Nc3ccc(F)cc32)c1C.COc1cc(C=CC(=O)O)cc(OC)c1O. The average molecular weight is 623 g/mol. The van der Waals surface area contributed by atoms with Gasteiger partial charge in [0.25, 0.3) is 11.8 Å². The normalized spacial score (nSPS) is 13.0. The van der Waals surface area contributed by atoms with Crippen LogP contribution in [0.25, 0.3) is 17.7 Å². The van der Waals surface area contributed by atoms with E-state index in [9.17, 15) is 23.9 Å². The van der Waals surface area contributed by atoms with Crippen molar-refractivity contribution in [2.45, 2.75) is 27.7 Å². The summed E-state index contributed by atoms with van der Waals surface area (Å²) in [6, 6.07) is 7.22. The molecule has 1 aromatic heterocycles. The minimum atomic E-state index is -1.05. The van der Waals surface area contributed by atoms with Crippen molar-refractivity contribution in [3.8, 4) is 17.2 Å². The standard InChI is InChI=1S/C22H27FN4O2.C11H12O5/c1-5-27(6-2)10-9-24-22(29)20-13(3)19(25-14(20)4)12-17-16-11-15(23)7-8-18(16)26-21(17)28;1-15-8-5-7(3-4-10(12)13)6-9(16-2)11(8)14/h7-8,11-12,25H,5-6,9-10H2,1-4H3,(H,24,29)(H,26,28);3-6,14H,1-2H3,(H,12,13). The Bertz CT molecular complexity index is 1600. The summed E-state index contributed by atoms with van der Waals surface area (Å²) in [5, 5.41) is 23.8. The van der Waals surface area contributed by atoms with Crippen LogP contribution in [0, 0.1) is 19.7 Å². The Morgan fingerprint density at radius 3 is 2.29 bits per heavy atom. The molecule has 2 amide bonds. The number of ether oxygens (including phenoxy) is 2. The van der Waals surface area contributed by atoms with Crippen LogP contribution in [0.2, 0.25) is 0 Å². The minimum absolute atomic E-state index is 0.113. The second-order valence-corrected chi connectivity index (χ2v) is 10.1. The molecule has 0 atom stereocenters. The number of carboxylic acids is 1. The fourth-order valence-corrected chi connectivity index (χ4v) is 4.84. The number of carbonyl (C=O) groups excluding carboxylic acids is 2. The number of hydrogen-bond acceptors (Lipinski definition) is 7. The highest BCUT2D eigenvalue weighted by Gasteiger charge is 2.26. The van der Waals surface area contributed by atoms with Gasteiger partial charge in [0, 0.05) is 41.8 Å². The quantitative estimate of drug-likeness (QED) is 0.191. The number of rotatable bonds is 11. The molecule has 1 aliphatic rings. The lowest BCUT2D eigenvalue weighted by atomic mass is 10.0. The van der Waals surface area contributed by atoms with Gasteiger partial charge in [-0.2, -0.15) is 0 Å². The van der Waals surface area contributed by atoms with Gasteiger partial charge in [-0.25, -0.2) is 9.18 Å². The molecule has 240 valence electrons. The molecule has 12 heteroatoms. The third-order valence-corrected chi connectivity index (χ3v) is 7.29. The van der Waals surface area contributed by atoms with E-state index in [4.69, 9.17) is 14.6 Å². The van der Waals surface area contributed by atoms with Gasteiger partial charge < -0.3 is 40.2 Å². The zero-order valence-corrected chi connectivity index (χ0v) is 26.2. The van der Waals surface area contributed by atoms with Crippen molar-refractivity contribution in [2.75, 3.05) is 45.7 Å². The number of aromatic nitrogens is 1. The summed E-state index contributed by atoms with van der Waals surface area (Å²) in [4.78, 5) is 40.8. The van der Waals surface area contributed by atoms with Gasteiger partial charge in [0.05, 0.1) is 25.4 Å². The topological polar surface area (TPSA) is 153 Å². The van der Waals surface area contributed by atoms with E-state index in [0.29, 0.717) is 40.2 Å². The highest BCUT2D eigenvalue weighted by Crippen LogP contribution is 2.37. The largest absolute Gasteiger partial charge is 0.502 e. The number of aromatic hydroxyl groups is 1. The number of phenolic OH excluding ortho intramolecular Hbond substituents is 1. The highest BCUT2D eigenvalue weighted by atomic mass is 19.1. The molecule has 0 bridgehead atoms. The Kier molecular flexibility index (Phi) is 11.9. The molecule has 0 saturated heterocycles. The number of benzene rings is 2. The molecule has 2 aromatic carbocycles. The van der Waals surface area contributed by atoms with Crippen LogP contribution in [0.3, 0.4) is 0 Å². The van der Waals surface area contributed by atoms with Gasteiger partial charge in [-0.15, -0.1) is 0 Å². The molecule has 3 aromatic rings. The van der Waals surface area contributed by atoms with Crippen molar-refractivity contribution >= 4 is 41.2 Å². The molecule has 5 N–H and O–H groups in total. The fraction of sp³-hybridized carbons (Fsp3) is 0.303. The number of amides is 2. The second-order valence-electron chi connectivity index (χ2n) is 10.1. The number of anilines is 1. The maximum Gasteiger partial charge on any atom is 0.328 e. The highest BCUT2D eigenvalue weighted by molar-refractivity contribution is 6.34. The molecule has 0 saturated carbocycles. The van der Waals surface area contributed by atoms with Gasteiger partial charge in [-0.05, 0) is 80.5 Å². The number of nitrogens with zero attached hydrogens (tertiary/aromatic N) is 1. The molecule has 0 unspecified atom stereocenters. The number of methoxy groups -OCH3 is 2. The van der Waals surface area contributed by atoms with Crippen molar-refractivity contribution in [3.05, 3.63) is 75.9 Å². The number of hydrogen-bond donors (Lipinski definition) is 5. The summed E-state index contributed by atoms with van der Waals surface area (Å²) in [5.41, 5.74) is 4.77. The Morgan fingerprint density at radius 2 is 1.71 bits per heavy atom. The Morgan fingerprint density at radius 1 is 1.07 bits per heavy atom. The van der Waals surface area contributed by atoms with Crippen LogP contribution in [-0.2, 0) is 9.59 Å². The van der Waals surface area contributed by atoms with Crippen molar-refractivity contribution in [1.82, 2.24) is 15.2 Å². The number of carbonyl (C=O) groups is 3. The molecule has 4 rings (SSSR count). The lowest BCUT2D eigenvalue weighted by molar-refractivity contribution is -0.131. The summed E-state index contributed by atoms with van der Waals surface area (Å²) in [6.07, 6.45) is 4.05. The first-order chi connectivity index (χ1) is 21.4.